The first kappa shape index (κ1) is 15.6. The van der Waals surface area contributed by atoms with Crippen LogP contribution in [0.15, 0.2) is 46.9 Å². The third kappa shape index (κ3) is 4.60. The third-order valence-electron chi connectivity index (χ3n) is 2.92. The van der Waals surface area contributed by atoms with Gasteiger partial charge in [0.05, 0.1) is 5.56 Å². The molecule has 0 amide bonds. The van der Waals surface area contributed by atoms with Gasteiger partial charge in [0.25, 0.3) is 0 Å². The van der Waals surface area contributed by atoms with Crippen LogP contribution in [0.1, 0.15) is 22.8 Å². The van der Waals surface area contributed by atoms with Crippen LogP contribution >= 0.6 is 15.9 Å². The zero-order valence-corrected chi connectivity index (χ0v) is 13.6. The van der Waals surface area contributed by atoms with E-state index in [1.165, 1.54) is 6.92 Å². The number of hydrogen-bond donors (Lipinski definition) is 0. The van der Waals surface area contributed by atoms with Crippen molar-refractivity contribution in [1.29, 1.82) is 0 Å². The van der Waals surface area contributed by atoms with E-state index in [-0.39, 0.29) is 5.78 Å². The zero-order chi connectivity index (χ0) is 15.2. The van der Waals surface area contributed by atoms with Crippen LogP contribution in [0.2, 0.25) is 0 Å². The highest BCUT2D eigenvalue weighted by Crippen LogP contribution is 2.21. The van der Waals surface area contributed by atoms with Gasteiger partial charge in [0.2, 0.25) is 0 Å². The van der Waals surface area contributed by atoms with Gasteiger partial charge < -0.3 is 9.47 Å². The van der Waals surface area contributed by atoms with Gasteiger partial charge in [0.15, 0.2) is 5.78 Å². The lowest BCUT2D eigenvalue weighted by Gasteiger charge is -2.11. The van der Waals surface area contributed by atoms with Crippen LogP contribution in [-0.2, 0) is 0 Å². The van der Waals surface area contributed by atoms with Gasteiger partial charge in [-0.25, -0.2) is 0 Å². The maximum absolute atomic E-state index is 11.6. The zero-order valence-electron chi connectivity index (χ0n) is 12.1. The van der Waals surface area contributed by atoms with Crippen molar-refractivity contribution in [2.24, 2.45) is 0 Å². The van der Waals surface area contributed by atoms with Gasteiger partial charge >= 0.3 is 0 Å². The summed E-state index contributed by atoms with van der Waals surface area (Å²) in [5.41, 5.74) is 1.66. The lowest BCUT2D eigenvalue weighted by molar-refractivity contribution is 0.101. The Bertz CT molecular complexity index is 638. The number of rotatable bonds is 6. The fourth-order valence-corrected chi connectivity index (χ4v) is 2.29. The van der Waals surface area contributed by atoms with Crippen LogP contribution in [0.3, 0.4) is 0 Å². The summed E-state index contributed by atoms with van der Waals surface area (Å²) in [5.74, 6) is 1.39. The van der Waals surface area contributed by atoms with Crippen LogP contribution in [0.4, 0.5) is 0 Å². The maximum Gasteiger partial charge on any atom is 0.163 e. The molecule has 0 heterocycles. The number of carbonyl (C=O) groups excluding carboxylic acids is 1. The second kappa shape index (κ2) is 7.27. The quantitative estimate of drug-likeness (QED) is 0.572. The topological polar surface area (TPSA) is 35.5 Å². The van der Waals surface area contributed by atoms with Gasteiger partial charge in [-0.2, -0.15) is 0 Å². The second-order valence-electron chi connectivity index (χ2n) is 4.71. The van der Waals surface area contributed by atoms with Crippen LogP contribution < -0.4 is 9.47 Å². The van der Waals surface area contributed by atoms with Crippen LogP contribution in [0.25, 0.3) is 0 Å². The number of benzene rings is 2. The molecule has 0 saturated carbocycles. The molecule has 0 aliphatic heterocycles. The fourth-order valence-electron chi connectivity index (χ4n) is 1.91. The average Bonchev–Trinajstić information content (AvgIpc) is 2.43. The molecule has 0 N–H and O–H groups in total. The van der Waals surface area contributed by atoms with E-state index in [1.54, 1.807) is 6.07 Å². The van der Waals surface area contributed by atoms with Crippen LogP contribution in [0.5, 0.6) is 11.5 Å². The smallest absolute Gasteiger partial charge is 0.163 e. The molecule has 3 nitrogen and oxygen atoms in total. The standard InChI is InChI=1S/C17H17BrO3/c1-12-6-7-16(13(2)19)17(10-12)21-9-8-20-15-5-3-4-14(18)11-15/h3-7,10-11H,8-9H2,1-2H3. The third-order valence-corrected chi connectivity index (χ3v) is 3.42. The van der Waals surface area contributed by atoms with Crippen molar-refractivity contribution in [3.05, 3.63) is 58.1 Å². The minimum atomic E-state index is -0.00194. The summed E-state index contributed by atoms with van der Waals surface area (Å²) in [6, 6.07) is 13.2. The molecule has 2 rings (SSSR count). The van der Waals surface area contributed by atoms with Gasteiger partial charge in [0.1, 0.15) is 24.7 Å². The number of hydrogen-bond acceptors (Lipinski definition) is 3. The molecule has 0 atom stereocenters. The minimum absolute atomic E-state index is 0.00194. The molecule has 2 aromatic carbocycles. The van der Waals surface area contributed by atoms with E-state index in [2.05, 4.69) is 15.9 Å². The Balaban J connectivity index is 1.91. The Morgan fingerprint density at radius 1 is 1.10 bits per heavy atom. The maximum atomic E-state index is 11.6. The summed E-state index contributed by atoms with van der Waals surface area (Å²) in [5, 5.41) is 0. The fraction of sp³-hybridized carbons (Fsp3) is 0.235. The molecule has 0 radical (unpaired) electrons. The van der Waals surface area contributed by atoms with E-state index in [1.807, 2.05) is 43.3 Å². The molecule has 110 valence electrons. The Hall–Kier alpha value is -1.81. The van der Waals surface area contributed by atoms with Crippen molar-refractivity contribution in [3.63, 3.8) is 0 Å². The summed E-state index contributed by atoms with van der Waals surface area (Å²) in [6.07, 6.45) is 0. The molecule has 4 heteroatoms. The molecule has 21 heavy (non-hydrogen) atoms. The summed E-state index contributed by atoms with van der Waals surface area (Å²) in [6.45, 7) is 4.31. The predicted octanol–water partition coefficient (Wildman–Crippen LogP) is 4.42. The normalized spacial score (nSPS) is 10.2. The molecular formula is C17H17BrO3. The lowest BCUT2D eigenvalue weighted by atomic mass is 10.1. The average molecular weight is 349 g/mol. The molecule has 0 spiro atoms. The Labute approximate surface area is 133 Å². The van der Waals surface area contributed by atoms with Crippen LogP contribution in [-0.4, -0.2) is 19.0 Å². The van der Waals surface area contributed by atoms with Gasteiger partial charge in [-0.1, -0.05) is 28.1 Å². The highest BCUT2D eigenvalue weighted by Gasteiger charge is 2.08. The molecule has 0 fully saturated rings. The number of carbonyl (C=O) groups is 1. The first-order valence-corrected chi connectivity index (χ1v) is 7.48. The SMILES string of the molecule is CC(=O)c1ccc(C)cc1OCCOc1cccc(Br)c1. The molecular weight excluding hydrogens is 332 g/mol. The van der Waals surface area contributed by atoms with Crippen LogP contribution in [0, 0.1) is 6.92 Å². The van der Waals surface area contributed by atoms with Gasteiger partial charge in [-0.05, 0) is 49.7 Å². The first-order chi connectivity index (χ1) is 10.1. The molecule has 0 aromatic heterocycles. The first-order valence-electron chi connectivity index (χ1n) is 6.69. The predicted molar refractivity (Wildman–Crippen MR) is 86.3 cm³/mol. The summed E-state index contributed by atoms with van der Waals surface area (Å²) in [4.78, 5) is 11.6. The van der Waals surface area contributed by atoms with Crippen molar-refractivity contribution in [2.45, 2.75) is 13.8 Å². The van der Waals surface area contributed by atoms with E-state index < -0.39 is 0 Å². The van der Waals surface area contributed by atoms with E-state index in [4.69, 9.17) is 9.47 Å². The van der Waals surface area contributed by atoms with E-state index in [0.717, 1.165) is 15.8 Å². The second-order valence-corrected chi connectivity index (χ2v) is 5.63. The molecule has 0 bridgehead atoms. The number of Topliss-reactive ketones (excluding diaryl/α,β-unsaturated/α-hetero) is 1. The summed E-state index contributed by atoms with van der Waals surface area (Å²) in [7, 11) is 0. The molecule has 0 saturated heterocycles. The van der Waals surface area contributed by atoms with Gasteiger partial charge in [-0.3, -0.25) is 4.79 Å². The van der Waals surface area contributed by atoms with E-state index in [9.17, 15) is 4.79 Å². The molecule has 0 aliphatic rings. The number of aryl methyl sites for hydroxylation is 1. The largest absolute Gasteiger partial charge is 0.490 e. The monoisotopic (exact) mass is 348 g/mol. The van der Waals surface area contributed by atoms with Gasteiger partial charge in [-0.15, -0.1) is 0 Å². The molecule has 0 unspecified atom stereocenters. The Kier molecular flexibility index (Phi) is 5.39. The summed E-state index contributed by atoms with van der Waals surface area (Å²) < 4.78 is 12.2. The number of halogens is 1. The number of ether oxygens (including phenoxy) is 2. The Morgan fingerprint density at radius 2 is 1.86 bits per heavy atom. The highest BCUT2D eigenvalue weighted by molar-refractivity contribution is 9.10. The highest BCUT2D eigenvalue weighted by atomic mass is 79.9. The molecule has 0 aliphatic carbocycles. The van der Waals surface area contributed by atoms with E-state index >= 15 is 0 Å². The number of ketones is 1. The molecule has 2 aromatic rings. The van der Waals surface area contributed by atoms with Crippen molar-refractivity contribution in [1.82, 2.24) is 0 Å². The van der Waals surface area contributed by atoms with Crippen molar-refractivity contribution >= 4 is 21.7 Å². The van der Waals surface area contributed by atoms with Crippen molar-refractivity contribution < 1.29 is 14.3 Å². The van der Waals surface area contributed by atoms with E-state index in [0.29, 0.717) is 24.5 Å². The van der Waals surface area contributed by atoms with Crippen molar-refractivity contribution in [2.75, 3.05) is 13.2 Å². The summed E-state index contributed by atoms with van der Waals surface area (Å²) >= 11 is 3.39. The van der Waals surface area contributed by atoms with Gasteiger partial charge in [0, 0.05) is 4.47 Å². The lowest BCUT2D eigenvalue weighted by Crippen LogP contribution is -2.11. The minimum Gasteiger partial charge on any atom is -0.490 e. The van der Waals surface area contributed by atoms with Crippen molar-refractivity contribution in [3.8, 4) is 11.5 Å². The Morgan fingerprint density at radius 3 is 2.57 bits per heavy atom.